The van der Waals surface area contributed by atoms with Crippen LogP contribution >= 0.6 is 0 Å². The van der Waals surface area contributed by atoms with Gasteiger partial charge in [-0.25, -0.2) is 10.1 Å². The number of hydrogen-bond donors (Lipinski definition) is 1. The molecule has 1 N–H and O–H groups in total. The van der Waals surface area contributed by atoms with Crippen molar-refractivity contribution in [2.45, 2.75) is 26.3 Å². The molecule has 10 heteroatoms. The van der Waals surface area contributed by atoms with Crippen molar-refractivity contribution in [1.82, 2.24) is 0 Å². The van der Waals surface area contributed by atoms with E-state index in [4.69, 9.17) is 0 Å². The highest BCUT2D eigenvalue weighted by Crippen LogP contribution is 2.30. The van der Waals surface area contributed by atoms with E-state index in [1.54, 1.807) is 26.2 Å². The second-order valence-electron chi connectivity index (χ2n) is 4.87. The molecule has 0 saturated carbocycles. The summed E-state index contributed by atoms with van der Waals surface area (Å²) in [5.74, 6) is 0. The normalized spacial score (nSPS) is 12.1. The SMILES string of the molecule is CC(C)(C)N=[N+]([O-])c1cc([N+](=O)[O-])ccc1N[N+](=O)[O-]. The molecule has 0 aliphatic heterocycles. The molecular formula is C10H13N5O5. The van der Waals surface area contributed by atoms with Crippen molar-refractivity contribution in [2.75, 3.05) is 5.43 Å². The van der Waals surface area contributed by atoms with Crippen LogP contribution in [0, 0.1) is 25.4 Å². The number of rotatable bonds is 4. The van der Waals surface area contributed by atoms with E-state index in [9.17, 15) is 25.4 Å². The number of hydrogen-bond acceptors (Lipinski definition) is 6. The standard InChI is InChI=1S/C10H13N5O5/c1-10(2,3)12-13(16)9-6-7(14(17)18)4-5-8(9)11-15(19)20/h4-6,11H,1-3H3. The van der Waals surface area contributed by atoms with E-state index in [0.29, 0.717) is 0 Å². The van der Waals surface area contributed by atoms with Crippen LogP contribution in [0.15, 0.2) is 23.3 Å². The number of nitrogens with zero attached hydrogens (tertiary/aromatic N) is 4. The van der Waals surface area contributed by atoms with Crippen LogP contribution in [0.3, 0.4) is 0 Å². The lowest BCUT2D eigenvalue weighted by Crippen LogP contribution is -2.15. The molecule has 0 aliphatic carbocycles. The van der Waals surface area contributed by atoms with E-state index in [0.717, 1.165) is 18.2 Å². The van der Waals surface area contributed by atoms with Crippen molar-refractivity contribution in [3.8, 4) is 0 Å². The van der Waals surface area contributed by atoms with Gasteiger partial charge < -0.3 is 5.21 Å². The number of anilines is 1. The van der Waals surface area contributed by atoms with Crippen LogP contribution in [0.4, 0.5) is 17.1 Å². The lowest BCUT2D eigenvalue weighted by atomic mass is 10.1. The predicted octanol–water partition coefficient (Wildman–Crippen LogP) is 2.59. The van der Waals surface area contributed by atoms with E-state index in [1.165, 1.54) is 0 Å². The molecule has 1 aromatic rings. The van der Waals surface area contributed by atoms with Gasteiger partial charge in [-0.1, -0.05) is 4.86 Å². The largest absolute Gasteiger partial charge is 0.594 e. The number of nitro groups is 2. The zero-order valence-electron chi connectivity index (χ0n) is 11.1. The van der Waals surface area contributed by atoms with Crippen LogP contribution in [0.25, 0.3) is 0 Å². The van der Waals surface area contributed by atoms with Gasteiger partial charge in [0.1, 0.15) is 5.54 Å². The second-order valence-corrected chi connectivity index (χ2v) is 4.87. The highest BCUT2D eigenvalue weighted by atomic mass is 16.7. The molecule has 1 rings (SSSR count). The third-order valence-corrected chi connectivity index (χ3v) is 2.00. The van der Waals surface area contributed by atoms with Crippen LogP contribution in [0.1, 0.15) is 20.8 Å². The summed E-state index contributed by atoms with van der Waals surface area (Å²) in [6, 6.07) is 3.06. The summed E-state index contributed by atoms with van der Waals surface area (Å²) >= 11 is 0. The molecule has 0 saturated heterocycles. The second kappa shape index (κ2) is 5.47. The topological polar surface area (TPSA) is 137 Å². The third-order valence-electron chi connectivity index (χ3n) is 2.00. The van der Waals surface area contributed by atoms with E-state index < -0.39 is 15.5 Å². The van der Waals surface area contributed by atoms with Gasteiger partial charge in [-0.05, 0) is 32.0 Å². The van der Waals surface area contributed by atoms with Crippen LogP contribution in [-0.4, -0.2) is 20.4 Å². The molecule has 0 heterocycles. The highest BCUT2D eigenvalue weighted by molar-refractivity contribution is 5.64. The van der Waals surface area contributed by atoms with Gasteiger partial charge in [0.15, 0.2) is 10.7 Å². The zero-order chi connectivity index (χ0) is 15.5. The Labute approximate surface area is 113 Å². The molecule has 0 aliphatic rings. The first-order valence-corrected chi connectivity index (χ1v) is 5.50. The summed E-state index contributed by atoms with van der Waals surface area (Å²) in [4.78, 5) is 20.6. The van der Waals surface area contributed by atoms with Crippen LogP contribution in [0.5, 0.6) is 0 Å². The summed E-state index contributed by atoms with van der Waals surface area (Å²) in [6.45, 7) is 4.95. The van der Waals surface area contributed by atoms with E-state index in [2.05, 4.69) is 5.11 Å². The van der Waals surface area contributed by atoms with Gasteiger partial charge in [-0.2, -0.15) is 0 Å². The number of benzene rings is 1. The third kappa shape index (κ3) is 4.15. The maximum atomic E-state index is 11.9. The Kier molecular flexibility index (Phi) is 4.17. The van der Waals surface area contributed by atoms with Crippen molar-refractivity contribution in [3.63, 3.8) is 0 Å². The average molecular weight is 283 g/mol. The average Bonchev–Trinajstić information content (AvgIpc) is 2.25. The van der Waals surface area contributed by atoms with Gasteiger partial charge in [-0.3, -0.25) is 10.1 Å². The fourth-order valence-corrected chi connectivity index (χ4v) is 1.31. The fraction of sp³-hybridized carbons (Fsp3) is 0.400. The van der Waals surface area contributed by atoms with Crippen LogP contribution < -0.4 is 5.43 Å². The molecule has 1 aromatic carbocycles. The first-order valence-electron chi connectivity index (χ1n) is 5.50. The number of nitro benzene ring substituents is 1. The minimum Gasteiger partial charge on any atom is -0.594 e. The molecule has 10 nitrogen and oxygen atoms in total. The number of non-ortho nitro benzene ring substituents is 1. The monoisotopic (exact) mass is 283 g/mol. The van der Waals surface area contributed by atoms with E-state index in [1.807, 2.05) is 0 Å². The lowest BCUT2D eigenvalue weighted by molar-refractivity contribution is -0.459. The molecule has 0 spiro atoms. The van der Waals surface area contributed by atoms with Gasteiger partial charge in [0.2, 0.25) is 0 Å². The first kappa shape index (κ1) is 15.3. The first-order chi connectivity index (χ1) is 9.10. The van der Waals surface area contributed by atoms with Gasteiger partial charge in [0.05, 0.1) is 11.0 Å². The summed E-state index contributed by atoms with van der Waals surface area (Å²) in [5, 5.41) is 35.9. The van der Waals surface area contributed by atoms with Crippen LogP contribution in [0.2, 0.25) is 0 Å². The summed E-state index contributed by atoms with van der Waals surface area (Å²) in [7, 11) is 0. The Bertz CT molecular complexity index is 578. The quantitative estimate of drug-likeness (QED) is 0.390. The Morgan fingerprint density at radius 3 is 2.20 bits per heavy atom. The molecule has 0 radical (unpaired) electrons. The summed E-state index contributed by atoms with van der Waals surface area (Å²) < 4.78 is 0. The molecule has 108 valence electrons. The van der Waals surface area contributed by atoms with Gasteiger partial charge in [-0.15, -0.1) is 5.43 Å². The maximum absolute atomic E-state index is 11.9. The number of hydrazine groups is 1. The smallest absolute Gasteiger partial charge is 0.280 e. The minimum atomic E-state index is -0.865. The number of nitrogens with one attached hydrogen (secondary N) is 1. The summed E-state index contributed by atoms with van der Waals surface area (Å²) in [6.07, 6.45) is 0. The predicted molar refractivity (Wildman–Crippen MR) is 69.2 cm³/mol. The Balaban J connectivity index is 3.38. The molecule has 0 fully saturated rings. The van der Waals surface area contributed by atoms with Crippen molar-refractivity contribution in [1.29, 1.82) is 0 Å². The molecule has 0 unspecified atom stereocenters. The van der Waals surface area contributed by atoms with E-state index in [-0.39, 0.29) is 21.9 Å². The van der Waals surface area contributed by atoms with Crippen LogP contribution in [-0.2, 0) is 0 Å². The Hall–Kier alpha value is -2.78. The Morgan fingerprint density at radius 1 is 1.15 bits per heavy atom. The summed E-state index contributed by atoms with van der Waals surface area (Å²) in [5.41, 5.74) is 0.227. The molecule has 0 bridgehead atoms. The molecular weight excluding hydrogens is 270 g/mol. The molecule has 0 amide bonds. The fourth-order valence-electron chi connectivity index (χ4n) is 1.31. The molecule has 0 aromatic heterocycles. The van der Waals surface area contributed by atoms with Crippen molar-refractivity contribution in [3.05, 3.63) is 43.6 Å². The van der Waals surface area contributed by atoms with Gasteiger partial charge in [0.25, 0.3) is 11.4 Å². The Morgan fingerprint density at radius 2 is 1.75 bits per heavy atom. The van der Waals surface area contributed by atoms with Crippen molar-refractivity contribution in [2.24, 2.45) is 5.11 Å². The highest BCUT2D eigenvalue weighted by Gasteiger charge is 2.23. The molecule has 20 heavy (non-hydrogen) atoms. The minimum absolute atomic E-state index is 0.138. The van der Waals surface area contributed by atoms with Gasteiger partial charge in [0, 0.05) is 6.07 Å². The number of azo groups is 1. The van der Waals surface area contributed by atoms with Crippen molar-refractivity contribution < 1.29 is 14.8 Å². The maximum Gasteiger partial charge on any atom is 0.280 e. The van der Waals surface area contributed by atoms with E-state index >= 15 is 0 Å². The molecule has 0 atom stereocenters. The van der Waals surface area contributed by atoms with Crippen molar-refractivity contribution >= 4 is 17.1 Å². The van der Waals surface area contributed by atoms with Gasteiger partial charge >= 0.3 is 0 Å². The lowest BCUT2D eigenvalue weighted by Gasteiger charge is -2.10. The zero-order valence-corrected chi connectivity index (χ0v) is 11.1.